The van der Waals surface area contributed by atoms with Crippen LogP contribution < -0.4 is 28.4 Å². The molecule has 0 fully saturated rings. The molecule has 0 heterocycles. The van der Waals surface area contributed by atoms with Gasteiger partial charge in [-0.05, 0) is 165 Å². The van der Waals surface area contributed by atoms with Gasteiger partial charge in [-0.15, -0.1) is 0 Å². The first kappa shape index (κ1) is 57.8. The Bertz CT molecular complexity index is 4110. The molecule has 14 heteroatoms. The third-order valence-electron chi connectivity index (χ3n) is 13.6. The Hall–Kier alpha value is -11.4. The van der Waals surface area contributed by atoms with Crippen LogP contribution in [-0.2, 0) is 19.1 Å². The largest absolute Gasteiger partial charge is 0.493 e. The maximum atomic E-state index is 14.1. The van der Waals surface area contributed by atoms with E-state index < -0.39 is 35.8 Å². The van der Waals surface area contributed by atoms with Gasteiger partial charge in [-0.1, -0.05) is 116 Å². The SMILES string of the molecule is C=CC(=O)OCCCOc1ccc(C(=O)Oc2ccc(-c3ccc(C(=O)Oc4cc(-c5c(OC(=O)c6ccc(-c7ccc(OC(=O)c8ccc(OCCCOC(=O)C=C)cc8)cc7)cc6)ccc6ccccc56)c5ccccc5c4)cc3)cc2)cc1. The number of carbonyl (C=O) groups excluding carboxylic acids is 6. The summed E-state index contributed by atoms with van der Waals surface area (Å²) in [7, 11) is 0. The van der Waals surface area contributed by atoms with E-state index in [9.17, 15) is 28.8 Å². The average Bonchev–Trinajstić information content (AvgIpc) is 1.62. The first-order valence-corrected chi connectivity index (χ1v) is 27.4. The highest BCUT2D eigenvalue weighted by molar-refractivity contribution is 6.09. The summed E-state index contributed by atoms with van der Waals surface area (Å²) in [6.07, 6.45) is 3.20. The molecule has 0 bridgehead atoms. The van der Waals surface area contributed by atoms with E-state index in [-0.39, 0.29) is 19.0 Å². The minimum Gasteiger partial charge on any atom is -0.493 e. The number of fused-ring (bicyclic) bond motifs is 2. The molecule has 10 rings (SSSR count). The fourth-order valence-corrected chi connectivity index (χ4v) is 9.18. The fourth-order valence-electron chi connectivity index (χ4n) is 9.18. The molecule has 0 aliphatic heterocycles. The van der Waals surface area contributed by atoms with Crippen molar-refractivity contribution in [1.82, 2.24) is 0 Å². The van der Waals surface area contributed by atoms with Crippen molar-refractivity contribution in [3.05, 3.63) is 266 Å². The van der Waals surface area contributed by atoms with Crippen molar-refractivity contribution in [2.45, 2.75) is 12.8 Å². The zero-order valence-electron chi connectivity index (χ0n) is 46.3. The van der Waals surface area contributed by atoms with Crippen LogP contribution in [0.3, 0.4) is 0 Å². The van der Waals surface area contributed by atoms with E-state index >= 15 is 0 Å². The van der Waals surface area contributed by atoms with Gasteiger partial charge in [-0.3, -0.25) is 0 Å². The number of esters is 6. The second-order valence-electron chi connectivity index (χ2n) is 19.3. The summed E-state index contributed by atoms with van der Waals surface area (Å²) in [4.78, 5) is 76.3. The van der Waals surface area contributed by atoms with Crippen molar-refractivity contribution in [3.63, 3.8) is 0 Å². The quantitative estimate of drug-likeness (QED) is 0.0256. The molecule has 0 amide bonds. The van der Waals surface area contributed by atoms with Gasteiger partial charge in [0.2, 0.25) is 0 Å². The van der Waals surface area contributed by atoms with Crippen LogP contribution in [0.4, 0.5) is 0 Å². The van der Waals surface area contributed by atoms with Gasteiger partial charge in [-0.2, -0.15) is 0 Å². The Morgan fingerprint density at radius 1 is 0.337 bits per heavy atom. The second kappa shape index (κ2) is 27.6. The van der Waals surface area contributed by atoms with Gasteiger partial charge in [0.15, 0.2) is 0 Å². The number of rotatable bonds is 23. The molecule has 10 aromatic carbocycles. The molecule has 0 saturated heterocycles. The molecule has 86 heavy (non-hydrogen) atoms. The van der Waals surface area contributed by atoms with Crippen LogP contribution in [0, 0.1) is 0 Å². The number of ether oxygens (including phenoxy) is 8. The summed E-state index contributed by atoms with van der Waals surface area (Å²) in [5.41, 5.74) is 5.90. The number of carbonyl (C=O) groups is 6. The van der Waals surface area contributed by atoms with Crippen molar-refractivity contribution in [1.29, 1.82) is 0 Å². The monoisotopic (exact) mass is 1140 g/mol. The average molecular weight is 1140 g/mol. The van der Waals surface area contributed by atoms with Crippen molar-refractivity contribution >= 4 is 57.4 Å². The lowest BCUT2D eigenvalue weighted by atomic mass is 9.92. The molecule has 0 spiro atoms. The van der Waals surface area contributed by atoms with Crippen LogP contribution in [0.2, 0.25) is 0 Å². The number of hydrogen-bond acceptors (Lipinski definition) is 14. The van der Waals surface area contributed by atoms with Crippen LogP contribution in [0.15, 0.2) is 244 Å². The second-order valence-corrected chi connectivity index (χ2v) is 19.3. The van der Waals surface area contributed by atoms with E-state index in [0.717, 1.165) is 56.0 Å². The van der Waals surface area contributed by atoms with E-state index in [4.69, 9.17) is 37.9 Å². The molecule has 0 radical (unpaired) electrons. The normalized spacial score (nSPS) is 10.7. The first-order chi connectivity index (χ1) is 42.0. The summed E-state index contributed by atoms with van der Waals surface area (Å²) >= 11 is 0. The molecule has 0 saturated carbocycles. The summed E-state index contributed by atoms with van der Waals surface area (Å²) in [5.74, 6) is -0.831. The van der Waals surface area contributed by atoms with Crippen molar-refractivity contribution in [2.24, 2.45) is 0 Å². The highest BCUT2D eigenvalue weighted by atomic mass is 16.6. The first-order valence-electron chi connectivity index (χ1n) is 27.4. The van der Waals surface area contributed by atoms with Gasteiger partial charge in [-0.25, -0.2) is 28.8 Å². The third-order valence-corrected chi connectivity index (χ3v) is 13.6. The summed E-state index contributed by atoms with van der Waals surface area (Å²) in [6.45, 7) is 7.78. The Morgan fingerprint density at radius 3 is 1.16 bits per heavy atom. The molecular weight excluding hydrogens is 1090 g/mol. The lowest BCUT2D eigenvalue weighted by Crippen LogP contribution is -2.10. The molecule has 0 aromatic heterocycles. The van der Waals surface area contributed by atoms with Gasteiger partial charge in [0.05, 0.1) is 48.7 Å². The Kier molecular flexibility index (Phi) is 18.6. The van der Waals surface area contributed by atoms with Crippen molar-refractivity contribution in [2.75, 3.05) is 26.4 Å². The highest BCUT2D eigenvalue weighted by Crippen LogP contribution is 2.43. The molecule has 0 aliphatic rings. The maximum absolute atomic E-state index is 14.1. The van der Waals surface area contributed by atoms with Gasteiger partial charge in [0.1, 0.15) is 34.5 Å². The molecule has 10 aromatic rings. The van der Waals surface area contributed by atoms with Gasteiger partial charge in [0.25, 0.3) is 0 Å². The van der Waals surface area contributed by atoms with Crippen LogP contribution in [0.25, 0.3) is 54.9 Å². The molecule has 0 atom stereocenters. The van der Waals surface area contributed by atoms with E-state index in [1.165, 1.54) is 0 Å². The number of benzene rings is 10. The van der Waals surface area contributed by atoms with Gasteiger partial charge < -0.3 is 37.9 Å². The Labute approximate surface area is 495 Å². The molecule has 0 unspecified atom stereocenters. The predicted octanol–water partition coefficient (Wildman–Crippen LogP) is 14.9. The lowest BCUT2D eigenvalue weighted by molar-refractivity contribution is -0.138. The zero-order valence-corrected chi connectivity index (χ0v) is 46.3. The van der Waals surface area contributed by atoms with Crippen molar-refractivity contribution < 1.29 is 66.7 Å². The maximum Gasteiger partial charge on any atom is 0.343 e. The molecule has 14 nitrogen and oxygen atoms in total. The Morgan fingerprint density at radius 2 is 0.709 bits per heavy atom. The summed E-state index contributed by atoms with van der Waals surface area (Å²) in [5, 5.41) is 3.36. The standard InChI is InChI=1S/C72H54O14/c1-3-66(73)81-43-9-41-79-57-32-27-54(28-33-57)69(75)83-59-36-23-49(24-37-59)47-15-19-52(20-16-47)71(77)85-61-45-56-12-6-7-13-62(56)64(46-61)68-63-14-8-5-11-51(63)31-40-65(68)86-72(78)53-21-17-48(18-22-53)50-25-38-60(39-26-50)84-70(76)55-29-34-58(35-30-55)80-42-10-44-82-67(74)4-2/h3-8,11-40,45-46H,1-2,9-10,41-44H2. The molecule has 0 aliphatic carbocycles. The number of hydrogen-bond donors (Lipinski definition) is 0. The highest BCUT2D eigenvalue weighted by Gasteiger charge is 2.21. The van der Waals surface area contributed by atoms with E-state index in [1.807, 2.05) is 103 Å². The Balaban J connectivity index is 0.775. The van der Waals surface area contributed by atoms with E-state index in [2.05, 4.69) is 13.2 Å². The smallest absolute Gasteiger partial charge is 0.343 e. The summed E-state index contributed by atoms with van der Waals surface area (Å²) < 4.78 is 44.8. The third kappa shape index (κ3) is 14.6. The molecule has 0 N–H and O–H groups in total. The topological polar surface area (TPSA) is 176 Å². The van der Waals surface area contributed by atoms with Crippen LogP contribution in [0.1, 0.15) is 54.3 Å². The fraction of sp³-hybridized carbons (Fsp3) is 0.0833. The van der Waals surface area contributed by atoms with E-state index in [1.54, 1.807) is 115 Å². The molecule has 426 valence electrons. The van der Waals surface area contributed by atoms with Crippen LogP contribution >= 0.6 is 0 Å². The van der Waals surface area contributed by atoms with Crippen LogP contribution in [0.5, 0.6) is 34.5 Å². The minimum atomic E-state index is -0.582. The summed E-state index contributed by atoms with van der Waals surface area (Å²) in [6, 6.07) is 63.8. The van der Waals surface area contributed by atoms with Crippen LogP contribution in [-0.4, -0.2) is 62.2 Å². The lowest BCUT2D eigenvalue weighted by Gasteiger charge is -2.17. The minimum absolute atomic E-state index is 0.204. The predicted molar refractivity (Wildman–Crippen MR) is 326 cm³/mol. The van der Waals surface area contributed by atoms with Gasteiger partial charge >= 0.3 is 35.8 Å². The van der Waals surface area contributed by atoms with E-state index in [0.29, 0.717) is 88.2 Å². The van der Waals surface area contributed by atoms with Gasteiger partial charge in [0, 0.05) is 30.6 Å². The van der Waals surface area contributed by atoms with Crippen molar-refractivity contribution in [3.8, 4) is 67.9 Å². The zero-order chi connectivity index (χ0) is 59.8. The molecular formula is C72H54O14.